The molecule has 1 heteroatoms. The number of benzene rings is 1. The van der Waals surface area contributed by atoms with Gasteiger partial charge in [-0.3, -0.25) is 4.90 Å². The standard InChI is InChI=1S/C17H27N/c1-7-15-16(13(3)18(6)17(15,4)5)14-11-9-8-10-12(14)2/h8-11,13,15-16H,7H2,1-6H3/t13-,15?,16?/m1/s1. The SMILES string of the molecule is CCC1C(c2ccccc2C)[C@@H](C)N(C)C1(C)C. The number of likely N-dealkylation sites (tertiary alicyclic amines) is 1. The van der Waals surface area contributed by atoms with E-state index in [1.54, 1.807) is 5.56 Å². The van der Waals surface area contributed by atoms with Crippen LogP contribution in [0.2, 0.25) is 0 Å². The Hall–Kier alpha value is -0.820. The highest BCUT2D eigenvalue weighted by molar-refractivity contribution is 5.33. The van der Waals surface area contributed by atoms with Gasteiger partial charge >= 0.3 is 0 Å². The minimum atomic E-state index is 0.293. The second-order valence-electron chi connectivity index (χ2n) is 6.40. The first kappa shape index (κ1) is 13.6. The maximum Gasteiger partial charge on any atom is 0.0187 e. The van der Waals surface area contributed by atoms with Crippen molar-refractivity contribution in [3.8, 4) is 0 Å². The summed E-state index contributed by atoms with van der Waals surface area (Å²) >= 11 is 0. The van der Waals surface area contributed by atoms with E-state index in [-0.39, 0.29) is 0 Å². The number of rotatable bonds is 2. The zero-order valence-corrected chi connectivity index (χ0v) is 12.7. The number of likely N-dealkylation sites (N-methyl/N-ethyl adjacent to an activating group) is 1. The maximum absolute atomic E-state index is 2.57. The van der Waals surface area contributed by atoms with Gasteiger partial charge in [-0.1, -0.05) is 37.6 Å². The third-order valence-corrected chi connectivity index (χ3v) is 5.37. The molecule has 0 spiro atoms. The molecule has 0 aromatic heterocycles. The first-order valence-corrected chi connectivity index (χ1v) is 7.19. The van der Waals surface area contributed by atoms with Crippen LogP contribution in [0.25, 0.3) is 0 Å². The van der Waals surface area contributed by atoms with E-state index in [0.717, 1.165) is 5.92 Å². The third-order valence-electron chi connectivity index (χ3n) is 5.37. The normalized spacial score (nSPS) is 31.8. The minimum absolute atomic E-state index is 0.293. The summed E-state index contributed by atoms with van der Waals surface area (Å²) in [5, 5.41) is 0. The molecule has 0 saturated carbocycles. The van der Waals surface area contributed by atoms with Crippen molar-refractivity contribution in [2.24, 2.45) is 5.92 Å². The van der Waals surface area contributed by atoms with Crippen molar-refractivity contribution >= 4 is 0 Å². The first-order valence-electron chi connectivity index (χ1n) is 7.19. The van der Waals surface area contributed by atoms with Crippen LogP contribution in [-0.2, 0) is 0 Å². The zero-order chi connectivity index (χ0) is 13.5. The summed E-state index contributed by atoms with van der Waals surface area (Å²) in [6, 6.07) is 9.53. The lowest BCUT2D eigenvalue weighted by molar-refractivity contribution is 0.145. The molecule has 1 aliphatic heterocycles. The molecule has 1 aromatic carbocycles. The number of hydrogen-bond acceptors (Lipinski definition) is 1. The van der Waals surface area contributed by atoms with Gasteiger partial charge in [-0.2, -0.15) is 0 Å². The van der Waals surface area contributed by atoms with Crippen LogP contribution in [0.15, 0.2) is 24.3 Å². The number of aryl methyl sites for hydroxylation is 1. The second kappa shape index (κ2) is 4.70. The molecule has 3 atom stereocenters. The van der Waals surface area contributed by atoms with Crippen LogP contribution in [0.1, 0.15) is 51.2 Å². The summed E-state index contributed by atoms with van der Waals surface area (Å²) in [5.41, 5.74) is 3.29. The fourth-order valence-electron chi connectivity index (χ4n) is 3.99. The molecule has 1 aliphatic rings. The Morgan fingerprint density at radius 1 is 1.22 bits per heavy atom. The molecule has 1 aromatic rings. The quantitative estimate of drug-likeness (QED) is 0.754. The van der Waals surface area contributed by atoms with E-state index in [4.69, 9.17) is 0 Å². The molecule has 18 heavy (non-hydrogen) atoms. The van der Waals surface area contributed by atoms with Crippen LogP contribution >= 0.6 is 0 Å². The predicted molar refractivity (Wildman–Crippen MR) is 79.0 cm³/mol. The van der Waals surface area contributed by atoms with Crippen molar-refractivity contribution < 1.29 is 0 Å². The average Bonchev–Trinajstić information content (AvgIpc) is 2.50. The van der Waals surface area contributed by atoms with E-state index in [0.29, 0.717) is 17.5 Å². The summed E-state index contributed by atoms with van der Waals surface area (Å²) in [4.78, 5) is 2.57. The van der Waals surface area contributed by atoms with E-state index in [1.807, 2.05) is 0 Å². The van der Waals surface area contributed by atoms with Crippen LogP contribution in [0, 0.1) is 12.8 Å². The molecule has 1 nitrogen and oxygen atoms in total. The summed E-state index contributed by atoms with van der Waals surface area (Å²) in [6.07, 6.45) is 1.25. The highest BCUT2D eigenvalue weighted by Gasteiger charge is 2.49. The molecular weight excluding hydrogens is 218 g/mol. The molecule has 100 valence electrons. The van der Waals surface area contributed by atoms with Crippen molar-refractivity contribution in [2.75, 3.05) is 7.05 Å². The van der Waals surface area contributed by atoms with Crippen LogP contribution in [0.4, 0.5) is 0 Å². The van der Waals surface area contributed by atoms with Gasteiger partial charge in [0.25, 0.3) is 0 Å². The third kappa shape index (κ3) is 1.89. The lowest BCUT2D eigenvalue weighted by atomic mass is 9.75. The molecule has 1 heterocycles. The Balaban J connectivity index is 2.47. The van der Waals surface area contributed by atoms with Crippen molar-refractivity contribution in [3.05, 3.63) is 35.4 Å². The highest BCUT2D eigenvalue weighted by Crippen LogP contribution is 2.49. The van der Waals surface area contributed by atoms with Gasteiger partial charge in [-0.25, -0.2) is 0 Å². The van der Waals surface area contributed by atoms with E-state index in [2.05, 4.69) is 70.8 Å². The van der Waals surface area contributed by atoms with Crippen molar-refractivity contribution in [3.63, 3.8) is 0 Å². The molecule has 0 N–H and O–H groups in total. The van der Waals surface area contributed by atoms with E-state index in [9.17, 15) is 0 Å². The van der Waals surface area contributed by atoms with Gasteiger partial charge in [0.1, 0.15) is 0 Å². The Labute approximate surface area is 112 Å². The Morgan fingerprint density at radius 2 is 1.83 bits per heavy atom. The van der Waals surface area contributed by atoms with Gasteiger partial charge in [0.2, 0.25) is 0 Å². The van der Waals surface area contributed by atoms with Crippen LogP contribution < -0.4 is 0 Å². The molecule has 1 fully saturated rings. The van der Waals surface area contributed by atoms with Gasteiger partial charge < -0.3 is 0 Å². The van der Waals surface area contributed by atoms with Crippen molar-refractivity contribution in [1.82, 2.24) is 4.90 Å². The Morgan fingerprint density at radius 3 is 2.39 bits per heavy atom. The molecule has 0 bridgehead atoms. The maximum atomic E-state index is 2.57. The number of hydrogen-bond donors (Lipinski definition) is 0. The predicted octanol–water partition coefficient (Wildman–Crippen LogP) is 4.22. The van der Waals surface area contributed by atoms with Crippen molar-refractivity contribution in [2.45, 2.75) is 58.5 Å². The Kier molecular flexibility index (Phi) is 3.55. The van der Waals surface area contributed by atoms with Crippen LogP contribution in [0.3, 0.4) is 0 Å². The fraction of sp³-hybridized carbons (Fsp3) is 0.647. The topological polar surface area (TPSA) is 3.24 Å². The molecule has 2 rings (SSSR count). The molecule has 0 aliphatic carbocycles. The van der Waals surface area contributed by atoms with Gasteiger partial charge in [0.05, 0.1) is 0 Å². The lowest BCUT2D eigenvalue weighted by Crippen LogP contribution is -2.41. The highest BCUT2D eigenvalue weighted by atomic mass is 15.2. The molecule has 1 saturated heterocycles. The largest absolute Gasteiger partial charge is 0.298 e. The lowest BCUT2D eigenvalue weighted by Gasteiger charge is -2.34. The van der Waals surface area contributed by atoms with Gasteiger partial charge in [0.15, 0.2) is 0 Å². The van der Waals surface area contributed by atoms with E-state index in [1.165, 1.54) is 12.0 Å². The summed E-state index contributed by atoms with van der Waals surface area (Å²) in [6.45, 7) is 11.8. The summed E-state index contributed by atoms with van der Waals surface area (Å²) in [7, 11) is 2.28. The van der Waals surface area contributed by atoms with E-state index >= 15 is 0 Å². The molecule has 2 unspecified atom stereocenters. The molecule has 0 amide bonds. The van der Waals surface area contributed by atoms with Crippen LogP contribution in [0.5, 0.6) is 0 Å². The number of nitrogens with zero attached hydrogens (tertiary/aromatic N) is 1. The fourth-order valence-corrected chi connectivity index (χ4v) is 3.99. The van der Waals surface area contributed by atoms with Gasteiger partial charge in [-0.05, 0) is 51.8 Å². The van der Waals surface area contributed by atoms with Gasteiger partial charge in [-0.15, -0.1) is 0 Å². The molecular formula is C17H27N. The van der Waals surface area contributed by atoms with Gasteiger partial charge in [0, 0.05) is 17.5 Å². The summed E-state index contributed by atoms with van der Waals surface area (Å²) in [5.74, 6) is 1.40. The van der Waals surface area contributed by atoms with Crippen molar-refractivity contribution in [1.29, 1.82) is 0 Å². The van der Waals surface area contributed by atoms with Crippen LogP contribution in [-0.4, -0.2) is 23.5 Å². The Bertz CT molecular complexity index is 421. The average molecular weight is 245 g/mol. The molecule has 0 radical (unpaired) electrons. The van der Waals surface area contributed by atoms with E-state index < -0.39 is 0 Å². The smallest absolute Gasteiger partial charge is 0.0187 e. The monoisotopic (exact) mass is 245 g/mol. The first-order chi connectivity index (χ1) is 8.41. The summed E-state index contributed by atoms with van der Waals surface area (Å²) < 4.78 is 0. The minimum Gasteiger partial charge on any atom is -0.298 e. The zero-order valence-electron chi connectivity index (χ0n) is 12.7. The second-order valence-corrected chi connectivity index (χ2v) is 6.40.